The largest absolute Gasteiger partial charge is 0.481 e. The fourth-order valence-electron chi connectivity index (χ4n) is 4.15. The molecule has 0 aliphatic carbocycles. The quantitative estimate of drug-likeness (QED) is 0.852. The highest BCUT2D eigenvalue weighted by Gasteiger charge is 2.46. The molecule has 3 rings (SSSR count). The van der Waals surface area contributed by atoms with Crippen molar-refractivity contribution in [2.24, 2.45) is 5.41 Å². The smallest absolute Gasteiger partial charge is 0.259 e. The zero-order valence-corrected chi connectivity index (χ0v) is 17.5. The van der Waals surface area contributed by atoms with Gasteiger partial charge in [0.15, 0.2) is 0 Å². The molecule has 7 heteroatoms. The lowest BCUT2D eigenvalue weighted by atomic mass is 9.76. The summed E-state index contributed by atoms with van der Waals surface area (Å²) in [6.45, 7) is 7.59. The number of rotatable bonds is 3. The molecule has 156 valence electrons. The van der Waals surface area contributed by atoms with Gasteiger partial charge < -0.3 is 24.2 Å². The average molecular weight is 392 g/mol. The number of methoxy groups -OCH3 is 2. The summed E-state index contributed by atoms with van der Waals surface area (Å²) in [5.41, 5.74) is 0.0504. The summed E-state index contributed by atoms with van der Waals surface area (Å²) in [5.74, 6) is 0.566. The fourth-order valence-corrected chi connectivity index (χ4v) is 4.15. The Bertz CT molecular complexity index is 707. The van der Waals surface area contributed by atoms with Gasteiger partial charge in [0.2, 0.25) is 11.8 Å². The van der Waals surface area contributed by atoms with Crippen molar-refractivity contribution < 1.29 is 24.1 Å². The van der Waals surface area contributed by atoms with Crippen LogP contribution in [-0.2, 0) is 4.74 Å². The van der Waals surface area contributed by atoms with Gasteiger partial charge in [-0.05, 0) is 24.3 Å². The minimum Gasteiger partial charge on any atom is -0.481 e. The van der Waals surface area contributed by atoms with Crippen molar-refractivity contribution in [3.63, 3.8) is 0 Å². The minimum absolute atomic E-state index is 0.0179. The molecule has 2 aliphatic rings. The number of carbonyl (C=O) groups excluding carboxylic acids is 1. The van der Waals surface area contributed by atoms with Crippen molar-refractivity contribution in [1.29, 1.82) is 0 Å². The Morgan fingerprint density at radius 3 is 2.50 bits per heavy atom. The lowest BCUT2D eigenvalue weighted by Gasteiger charge is -2.50. The van der Waals surface area contributed by atoms with E-state index >= 15 is 0 Å². The number of piperidine rings is 1. The number of hydrogen-bond acceptors (Lipinski definition) is 6. The van der Waals surface area contributed by atoms with Crippen LogP contribution < -0.4 is 9.47 Å². The van der Waals surface area contributed by atoms with Crippen molar-refractivity contribution >= 4 is 5.91 Å². The maximum absolute atomic E-state index is 13.0. The van der Waals surface area contributed by atoms with Gasteiger partial charge in [-0.15, -0.1) is 0 Å². The fraction of sp³-hybridized carbons (Fsp3) is 0.714. The van der Waals surface area contributed by atoms with Gasteiger partial charge in [0.25, 0.3) is 5.91 Å². The Morgan fingerprint density at radius 2 is 1.93 bits per heavy atom. The molecule has 1 aromatic heterocycles. The molecule has 2 atom stereocenters. The normalized spacial score (nSPS) is 24.9. The molecule has 1 spiro atoms. The number of pyridine rings is 1. The molecule has 1 amide bonds. The molecule has 7 nitrogen and oxygen atoms in total. The highest BCUT2D eigenvalue weighted by atomic mass is 16.5. The molecule has 0 radical (unpaired) electrons. The van der Waals surface area contributed by atoms with Gasteiger partial charge in [0.05, 0.1) is 32.0 Å². The van der Waals surface area contributed by atoms with Crippen molar-refractivity contribution in [3.8, 4) is 11.8 Å². The van der Waals surface area contributed by atoms with Gasteiger partial charge in [0.1, 0.15) is 5.56 Å². The van der Waals surface area contributed by atoms with Crippen LogP contribution in [0.4, 0.5) is 0 Å². The number of hydrogen-bond donors (Lipinski definition) is 1. The monoisotopic (exact) mass is 392 g/mol. The van der Waals surface area contributed by atoms with E-state index in [1.807, 2.05) is 4.90 Å². The molecule has 2 aliphatic heterocycles. The number of aromatic nitrogens is 1. The van der Waals surface area contributed by atoms with Crippen molar-refractivity contribution in [1.82, 2.24) is 9.88 Å². The third-order valence-corrected chi connectivity index (χ3v) is 5.88. The van der Waals surface area contributed by atoms with Gasteiger partial charge in [0, 0.05) is 32.0 Å². The van der Waals surface area contributed by atoms with E-state index in [1.54, 1.807) is 12.1 Å². The first-order valence-electron chi connectivity index (χ1n) is 9.91. The van der Waals surface area contributed by atoms with Gasteiger partial charge >= 0.3 is 0 Å². The molecule has 28 heavy (non-hydrogen) atoms. The number of aliphatic hydroxyl groups excluding tert-OH is 1. The maximum atomic E-state index is 13.0. The third-order valence-electron chi connectivity index (χ3n) is 5.88. The number of ether oxygens (including phenoxy) is 3. The summed E-state index contributed by atoms with van der Waals surface area (Å²) >= 11 is 0. The molecule has 1 aromatic rings. The first-order chi connectivity index (χ1) is 13.2. The van der Waals surface area contributed by atoms with E-state index < -0.39 is 0 Å². The Labute approximate surface area is 167 Å². The summed E-state index contributed by atoms with van der Waals surface area (Å²) in [6, 6.07) is 3.35. The van der Waals surface area contributed by atoms with E-state index in [9.17, 15) is 9.90 Å². The number of nitrogens with zero attached hydrogens (tertiary/aromatic N) is 2. The van der Waals surface area contributed by atoms with E-state index in [2.05, 4.69) is 25.8 Å². The number of carbonyl (C=O) groups is 1. The topological polar surface area (TPSA) is 81.1 Å². The minimum atomic E-state index is -0.355. The average Bonchev–Trinajstić information content (AvgIpc) is 2.66. The zero-order chi connectivity index (χ0) is 20.5. The number of amides is 1. The molecule has 2 saturated heterocycles. The first-order valence-corrected chi connectivity index (χ1v) is 9.91. The Balaban J connectivity index is 1.70. The maximum Gasteiger partial charge on any atom is 0.259 e. The summed E-state index contributed by atoms with van der Waals surface area (Å²) in [6.07, 6.45) is 2.40. The molecule has 0 bridgehead atoms. The summed E-state index contributed by atoms with van der Waals surface area (Å²) in [7, 11) is 3.02. The molecule has 3 heterocycles. The molecule has 2 fully saturated rings. The molecule has 0 saturated carbocycles. The van der Waals surface area contributed by atoms with Crippen LogP contribution >= 0.6 is 0 Å². The van der Waals surface area contributed by atoms with Crippen LogP contribution in [0.3, 0.4) is 0 Å². The molecule has 1 N–H and O–H groups in total. The van der Waals surface area contributed by atoms with E-state index in [1.165, 1.54) is 14.2 Å². The van der Waals surface area contributed by atoms with Crippen LogP contribution in [0, 0.1) is 5.41 Å². The van der Waals surface area contributed by atoms with E-state index in [-0.39, 0.29) is 35.0 Å². The van der Waals surface area contributed by atoms with Crippen LogP contribution in [0.15, 0.2) is 12.1 Å². The summed E-state index contributed by atoms with van der Waals surface area (Å²) < 4.78 is 16.9. The van der Waals surface area contributed by atoms with E-state index in [0.29, 0.717) is 50.2 Å². The lowest BCUT2D eigenvalue weighted by Crippen LogP contribution is -2.55. The first kappa shape index (κ1) is 20.9. The van der Waals surface area contributed by atoms with Crippen LogP contribution in [0.1, 0.15) is 56.8 Å². The number of aliphatic hydroxyl groups is 1. The van der Waals surface area contributed by atoms with E-state index in [0.717, 1.165) is 0 Å². The van der Waals surface area contributed by atoms with Crippen molar-refractivity contribution in [3.05, 3.63) is 17.7 Å². The zero-order valence-electron chi connectivity index (χ0n) is 17.5. The molecule has 0 unspecified atom stereocenters. The SMILES string of the molecule is COc1ccc(C(=O)N2CCC3(CC2)C[C@H](O)C[C@H](C(C)(C)C)O3)c(OC)n1. The highest BCUT2D eigenvalue weighted by Crippen LogP contribution is 2.42. The number of likely N-dealkylation sites (tertiary alicyclic amines) is 1. The van der Waals surface area contributed by atoms with Gasteiger partial charge in [-0.1, -0.05) is 20.8 Å². The second kappa shape index (κ2) is 7.87. The second-order valence-corrected chi connectivity index (χ2v) is 8.95. The van der Waals surface area contributed by atoms with Gasteiger partial charge in [-0.3, -0.25) is 4.79 Å². The summed E-state index contributed by atoms with van der Waals surface area (Å²) in [5, 5.41) is 10.4. The van der Waals surface area contributed by atoms with Crippen molar-refractivity contribution in [2.75, 3.05) is 27.3 Å². The molecular formula is C21H32N2O5. The Morgan fingerprint density at radius 1 is 1.25 bits per heavy atom. The van der Waals surface area contributed by atoms with E-state index in [4.69, 9.17) is 14.2 Å². The van der Waals surface area contributed by atoms with Crippen LogP contribution in [0.5, 0.6) is 11.8 Å². The van der Waals surface area contributed by atoms with Crippen LogP contribution in [0.2, 0.25) is 0 Å². The second-order valence-electron chi connectivity index (χ2n) is 8.95. The van der Waals surface area contributed by atoms with Crippen LogP contribution in [-0.4, -0.2) is 66.0 Å². The van der Waals surface area contributed by atoms with Gasteiger partial charge in [-0.25, -0.2) is 0 Å². The summed E-state index contributed by atoms with van der Waals surface area (Å²) in [4.78, 5) is 19.0. The Kier molecular flexibility index (Phi) is 5.87. The third kappa shape index (κ3) is 4.25. The van der Waals surface area contributed by atoms with Crippen LogP contribution in [0.25, 0.3) is 0 Å². The van der Waals surface area contributed by atoms with Gasteiger partial charge in [-0.2, -0.15) is 4.98 Å². The standard InChI is InChI=1S/C21H32N2O5/c1-20(2,3)16-12-14(24)13-21(28-16)8-10-23(11-9-21)19(25)15-6-7-17(26-4)22-18(15)27-5/h6-7,14,16,24H,8-13H2,1-5H3/t14-,16-/m1/s1. The molecular weight excluding hydrogens is 360 g/mol. The van der Waals surface area contributed by atoms with Crippen molar-refractivity contribution in [2.45, 2.75) is 64.3 Å². The highest BCUT2D eigenvalue weighted by molar-refractivity contribution is 5.96. The Hall–Kier alpha value is -1.86. The molecule has 0 aromatic carbocycles. The predicted molar refractivity (Wildman–Crippen MR) is 105 cm³/mol. The predicted octanol–water partition coefficient (Wildman–Crippen LogP) is 2.66. The lowest BCUT2D eigenvalue weighted by molar-refractivity contribution is -0.205.